The van der Waals surface area contributed by atoms with Crippen LogP contribution in [0, 0.1) is 5.82 Å². The van der Waals surface area contributed by atoms with Crippen LogP contribution in [0.2, 0.25) is 0 Å². The molecule has 196 valence electrons. The van der Waals surface area contributed by atoms with Crippen LogP contribution in [0.1, 0.15) is 66.9 Å². The normalized spacial score (nSPS) is 25.1. The molecule has 3 fully saturated rings. The highest BCUT2D eigenvalue weighted by Crippen LogP contribution is 2.34. The first-order chi connectivity index (χ1) is 18.0. The molecule has 3 aliphatic rings. The molecule has 0 aromatic heterocycles. The van der Waals surface area contributed by atoms with E-state index < -0.39 is 0 Å². The van der Waals surface area contributed by atoms with Crippen molar-refractivity contribution in [1.82, 2.24) is 15.1 Å². The van der Waals surface area contributed by atoms with Crippen molar-refractivity contribution in [3.8, 4) is 0 Å². The molecule has 3 atom stereocenters. The highest BCUT2D eigenvalue weighted by Gasteiger charge is 2.41. The van der Waals surface area contributed by atoms with Gasteiger partial charge in [-0.2, -0.15) is 0 Å². The number of carbonyl (C=O) groups is 2. The molecule has 6 nitrogen and oxygen atoms in total. The monoisotopic (exact) mass is 505 g/mol. The maximum absolute atomic E-state index is 14.4. The quantitative estimate of drug-likeness (QED) is 0.552. The van der Waals surface area contributed by atoms with Gasteiger partial charge in [0, 0.05) is 30.3 Å². The number of halogens is 1. The first kappa shape index (κ1) is 25.5. The van der Waals surface area contributed by atoms with Crippen molar-refractivity contribution in [3.05, 3.63) is 76.8 Å². The lowest BCUT2D eigenvalue weighted by Gasteiger charge is -2.44. The van der Waals surface area contributed by atoms with Gasteiger partial charge in [0.2, 0.25) is 0 Å². The molecular weight excluding hydrogens is 469 g/mol. The fourth-order valence-electron chi connectivity index (χ4n) is 5.91. The molecule has 2 aromatic rings. The summed E-state index contributed by atoms with van der Waals surface area (Å²) in [7, 11) is 0. The van der Waals surface area contributed by atoms with Crippen LogP contribution in [0.4, 0.5) is 4.39 Å². The second-order valence-corrected chi connectivity index (χ2v) is 10.3. The SMILES string of the molecule is CCN1CCCC1CNC(=O)c1ccc(/C=C2\OC3CCCCC3N(Cc3ccccc3F)C2=O)cc1. The minimum atomic E-state index is -0.302. The maximum Gasteiger partial charge on any atom is 0.289 e. The van der Waals surface area contributed by atoms with Crippen molar-refractivity contribution < 1.29 is 18.7 Å². The molecule has 7 heteroatoms. The average molecular weight is 506 g/mol. The van der Waals surface area contributed by atoms with Crippen molar-refractivity contribution in [2.24, 2.45) is 0 Å². The van der Waals surface area contributed by atoms with Crippen molar-refractivity contribution in [2.75, 3.05) is 19.6 Å². The van der Waals surface area contributed by atoms with Crippen molar-refractivity contribution >= 4 is 17.9 Å². The Morgan fingerprint density at radius 3 is 2.65 bits per heavy atom. The van der Waals surface area contributed by atoms with Gasteiger partial charge in [0.1, 0.15) is 11.9 Å². The third-order valence-electron chi connectivity index (χ3n) is 7.99. The number of likely N-dealkylation sites (tertiary alicyclic amines) is 1. The van der Waals surface area contributed by atoms with Crippen LogP contribution in [0.5, 0.6) is 0 Å². The lowest BCUT2D eigenvalue weighted by Crippen LogP contribution is -2.54. The molecule has 0 bridgehead atoms. The number of nitrogens with zero attached hydrogens (tertiary/aromatic N) is 2. The first-order valence-corrected chi connectivity index (χ1v) is 13.6. The summed E-state index contributed by atoms with van der Waals surface area (Å²) < 4.78 is 20.6. The molecular formula is C30H36FN3O3. The Balaban J connectivity index is 1.28. The predicted octanol–water partition coefficient (Wildman–Crippen LogP) is 4.75. The van der Waals surface area contributed by atoms with Gasteiger partial charge in [-0.25, -0.2) is 4.39 Å². The number of likely N-dealkylation sites (N-methyl/N-ethyl adjacent to an activating group) is 1. The third kappa shape index (κ3) is 5.72. The van der Waals surface area contributed by atoms with Gasteiger partial charge in [0.25, 0.3) is 11.8 Å². The molecule has 2 heterocycles. The Kier molecular flexibility index (Phi) is 7.89. The highest BCUT2D eigenvalue weighted by atomic mass is 19.1. The maximum atomic E-state index is 14.4. The number of hydrogen-bond acceptors (Lipinski definition) is 4. The van der Waals surface area contributed by atoms with E-state index in [-0.39, 0.29) is 42.1 Å². The summed E-state index contributed by atoms with van der Waals surface area (Å²) in [5.74, 6) is -0.333. The molecule has 0 spiro atoms. The number of morpholine rings is 1. The lowest BCUT2D eigenvalue weighted by atomic mass is 9.89. The minimum absolute atomic E-state index is 0.0485. The van der Waals surface area contributed by atoms with Gasteiger partial charge < -0.3 is 15.0 Å². The average Bonchev–Trinajstić information content (AvgIpc) is 3.39. The number of ether oxygens (including phenoxy) is 1. The van der Waals surface area contributed by atoms with Crippen LogP contribution in [0.3, 0.4) is 0 Å². The Bertz CT molecular complexity index is 1150. The fourth-order valence-corrected chi connectivity index (χ4v) is 5.91. The molecule has 3 unspecified atom stereocenters. The fraction of sp³-hybridized carbons (Fsp3) is 0.467. The molecule has 2 aliphatic heterocycles. The number of rotatable bonds is 7. The van der Waals surface area contributed by atoms with E-state index in [0.29, 0.717) is 23.7 Å². The molecule has 1 aliphatic carbocycles. The van der Waals surface area contributed by atoms with E-state index in [9.17, 15) is 14.0 Å². The van der Waals surface area contributed by atoms with Crippen LogP contribution in [0.25, 0.3) is 6.08 Å². The zero-order valence-corrected chi connectivity index (χ0v) is 21.5. The number of nitrogens with one attached hydrogen (secondary N) is 1. The van der Waals surface area contributed by atoms with Crippen LogP contribution < -0.4 is 5.32 Å². The summed E-state index contributed by atoms with van der Waals surface area (Å²) in [6.45, 7) is 5.14. The van der Waals surface area contributed by atoms with Gasteiger partial charge in [0.05, 0.1) is 6.04 Å². The molecule has 0 radical (unpaired) electrons. The van der Waals surface area contributed by atoms with Crippen LogP contribution in [-0.4, -0.2) is 59.4 Å². The van der Waals surface area contributed by atoms with E-state index in [4.69, 9.17) is 4.74 Å². The van der Waals surface area contributed by atoms with Crippen LogP contribution >= 0.6 is 0 Å². The molecule has 2 amide bonds. The number of amides is 2. The third-order valence-corrected chi connectivity index (χ3v) is 7.99. The molecule has 2 aromatic carbocycles. The second kappa shape index (κ2) is 11.5. The molecule has 2 saturated heterocycles. The van der Waals surface area contributed by atoms with Gasteiger partial charge >= 0.3 is 0 Å². The van der Waals surface area contributed by atoms with Crippen LogP contribution in [-0.2, 0) is 16.1 Å². The van der Waals surface area contributed by atoms with Crippen molar-refractivity contribution in [1.29, 1.82) is 0 Å². The van der Waals surface area contributed by atoms with E-state index in [2.05, 4.69) is 17.1 Å². The number of benzene rings is 2. The van der Waals surface area contributed by atoms with Crippen molar-refractivity contribution in [3.63, 3.8) is 0 Å². The van der Waals surface area contributed by atoms with E-state index in [1.807, 2.05) is 12.1 Å². The van der Waals surface area contributed by atoms with E-state index in [0.717, 1.165) is 50.8 Å². The van der Waals surface area contributed by atoms with E-state index in [1.165, 1.54) is 12.5 Å². The Morgan fingerprint density at radius 1 is 1.08 bits per heavy atom. The minimum Gasteiger partial charge on any atom is -0.482 e. The van der Waals surface area contributed by atoms with Gasteiger partial charge in [-0.1, -0.05) is 43.7 Å². The number of fused-ring (bicyclic) bond motifs is 1. The molecule has 1 saturated carbocycles. The summed E-state index contributed by atoms with van der Waals surface area (Å²) in [6, 6.07) is 14.2. The van der Waals surface area contributed by atoms with E-state index in [1.54, 1.807) is 41.3 Å². The smallest absolute Gasteiger partial charge is 0.289 e. The van der Waals surface area contributed by atoms with E-state index >= 15 is 0 Å². The van der Waals surface area contributed by atoms with Gasteiger partial charge in [-0.3, -0.25) is 14.5 Å². The Labute approximate surface area is 218 Å². The number of hydrogen-bond donors (Lipinski definition) is 1. The lowest BCUT2D eigenvalue weighted by molar-refractivity contribution is -0.149. The summed E-state index contributed by atoms with van der Waals surface area (Å²) in [5.41, 5.74) is 1.89. The Morgan fingerprint density at radius 2 is 1.86 bits per heavy atom. The highest BCUT2D eigenvalue weighted by molar-refractivity contribution is 5.97. The summed E-state index contributed by atoms with van der Waals surface area (Å²) >= 11 is 0. The van der Waals surface area contributed by atoms with Gasteiger partial charge in [0.15, 0.2) is 5.76 Å². The summed E-state index contributed by atoms with van der Waals surface area (Å²) in [5, 5.41) is 3.07. The topological polar surface area (TPSA) is 61.9 Å². The Hall–Kier alpha value is -3.19. The standard InChI is InChI=1S/C30H36FN3O3/c1-2-33-17-7-9-24(33)19-32-29(35)22-15-13-21(14-16-22)18-28-30(36)34(20-23-8-3-4-10-25(23)31)26-11-5-6-12-27(26)37-28/h3-4,8,10,13-16,18,24,26-27H,2,5-7,9,11-12,17,19-20H2,1H3,(H,32,35)/b28-18-. The largest absolute Gasteiger partial charge is 0.482 e. The number of carbonyl (C=O) groups excluding carboxylic acids is 2. The zero-order chi connectivity index (χ0) is 25.8. The second-order valence-electron chi connectivity index (χ2n) is 10.3. The van der Waals surface area contributed by atoms with Gasteiger partial charge in [-0.05, 0) is 75.0 Å². The molecule has 1 N–H and O–H groups in total. The predicted molar refractivity (Wildman–Crippen MR) is 141 cm³/mol. The summed E-state index contributed by atoms with van der Waals surface area (Å²) in [4.78, 5) is 30.4. The molecule has 37 heavy (non-hydrogen) atoms. The van der Waals surface area contributed by atoms with Crippen LogP contribution in [0.15, 0.2) is 54.3 Å². The zero-order valence-electron chi connectivity index (χ0n) is 21.5. The van der Waals surface area contributed by atoms with Crippen molar-refractivity contribution in [2.45, 2.75) is 70.2 Å². The van der Waals surface area contributed by atoms with Gasteiger partial charge in [-0.15, -0.1) is 0 Å². The molecule has 5 rings (SSSR count). The first-order valence-electron chi connectivity index (χ1n) is 13.6. The summed E-state index contributed by atoms with van der Waals surface area (Å²) in [6.07, 6.45) is 7.76.